The van der Waals surface area contributed by atoms with Crippen molar-refractivity contribution in [3.63, 3.8) is 0 Å². The highest BCUT2D eigenvalue weighted by molar-refractivity contribution is 7.93. The van der Waals surface area contributed by atoms with Crippen molar-refractivity contribution in [2.75, 3.05) is 5.32 Å². The lowest BCUT2D eigenvalue weighted by atomic mass is 9.84. The second-order valence-electron chi connectivity index (χ2n) is 6.19. The number of fused-ring (bicyclic) bond motifs is 1. The maximum absolute atomic E-state index is 13.4. The first kappa shape index (κ1) is 16.8. The van der Waals surface area contributed by atoms with E-state index >= 15 is 0 Å². The fourth-order valence-electron chi connectivity index (χ4n) is 3.30. The van der Waals surface area contributed by atoms with Gasteiger partial charge < -0.3 is 5.32 Å². The van der Waals surface area contributed by atoms with E-state index in [2.05, 4.69) is 11.4 Å². The SMILES string of the molecule is CC(C)C1(C#N)C(c2ccc(Cl)cc2)Nc2ccccc2S1(=O)=O. The largest absolute Gasteiger partial charge is 0.374 e. The molecular weight excluding hydrogens is 344 g/mol. The molecule has 124 valence electrons. The fraction of sp³-hybridized carbons (Fsp3) is 0.278. The summed E-state index contributed by atoms with van der Waals surface area (Å²) in [5.74, 6) is -0.408. The smallest absolute Gasteiger partial charge is 0.202 e. The van der Waals surface area contributed by atoms with E-state index in [-0.39, 0.29) is 4.90 Å². The lowest BCUT2D eigenvalue weighted by molar-refractivity contribution is 0.420. The Morgan fingerprint density at radius 2 is 1.79 bits per heavy atom. The van der Waals surface area contributed by atoms with Crippen LogP contribution >= 0.6 is 11.6 Å². The summed E-state index contributed by atoms with van der Waals surface area (Å²) in [7, 11) is -3.86. The summed E-state index contributed by atoms with van der Waals surface area (Å²) in [5.41, 5.74) is 1.23. The molecule has 0 radical (unpaired) electrons. The first-order valence-corrected chi connectivity index (χ1v) is 9.47. The lowest BCUT2D eigenvalue weighted by Gasteiger charge is -2.42. The molecule has 0 aromatic heterocycles. The molecule has 2 aromatic rings. The average molecular weight is 361 g/mol. The molecule has 0 fully saturated rings. The number of nitriles is 1. The van der Waals surface area contributed by atoms with Gasteiger partial charge in [-0.05, 0) is 35.7 Å². The number of anilines is 1. The molecule has 0 spiro atoms. The first-order chi connectivity index (χ1) is 11.3. The van der Waals surface area contributed by atoms with Gasteiger partial charge in [-0.2, -0.15) is 5.26 Å². The second-order valence-corrected chi connectivity index (χ2v) is 8.75. The number of para-hydroxylation sites is 1. The van der Waals surface area contributed by atoms with Gasteiger partial charge in [-0.25, -0.2) is 8.42 Å². The quantitative estimate of drug-likeness (QED) is 0.871. The maximum Gasteiger partial charge on any atom is 0.202 e. The maximum atomic E-state index is 13.4. The van der Waals surface area contributed by atoms with E-state index in [9.17, 15) is 13.7 Å². The minimum absolute atomic E-state index is 0.172. The summed E-state index contributed by atoms with van der Waals surface area (Å²) < 4.78 is 25.1. The molecule has 2 atom stereocenters. The molecule has 24 heavy (non-hydrogen) atoms. The molecular formula is C18H17ClN2O2S. The van der Waals surface area contributed by atoms with Crippen molar-refractivity contribution in [1.82, 2.24) is 0 Å². The topological polar surface area (TPSA) is 70.0 Å². The minimum atomic E-state index is -3.86. The summed E-state index contributed by atoms with van der Waals surface area (Å²) >= 11 is 5.95. The van der Waals surface area contributed by atoms with Crippen molar-refractivity contribution in [3.8, 4) is 6.07 Å². The number of hydrogen-bond donors (Lipinski definition) is 1. The molecule has 6 heteroatoms. The van der Waals surface area contributed by atoms with Gasteiger partial charge in [-0.15, -0.1) is 0 Å². The van der Waals surface area contributed by atoms with E-state index < -0.39 is 26.5 Å². The third kappa shape index (κ3) is 2.21. The number of nitrogens with one attached hydrogen (secondary N) is 1. The van der Waals surface area contributed by atoms with Gasteiger partial charge in [0.1, 0.15) is 0 Å². The zero-order valence-electron chi connectivity index (χ0n) is 13.3. The Labute approximate surface area is 147 Å². The second kappa shape index (κ2) is 5.80. The van der Waals surface area contributed by atoms with Gasteiger partial charge in [-0.3, -0.25) is 0 Å². The Morgan fingerprint density at radius 1 is 1.17 bits per heavy atom. The fourth-order valence-corrected chi connectivity index (χ4v) is 5.71. The minimum Gasteiger partial charge on any atom is -0.374 e. The van der Waals surface area contributed by atoms with E-state index in [4.69, 9.17) is 11.6 Å². The van der Waals surface area contributed by atoms with Crippen LogP contribution in [0.3, 0.4) is 0 Å². The molecule has 0 saturated carbocycles. The van der Waals surface area contributed by atoms with Crippen molar-refractivity contribution >= 4 is 27.1 Å². The van der Waals surface area contributed by atoms with E-state index in [0.29, 0.717) is 16.3 Å². The molecule has 0 bridgehead atoms. The van der Waals surface area contributed by atoms with Gasteiger partial charge in [-0.1, -0.05) is 49.7 Å². The normalized spacial score (nSPS) is 24.7. The van der Waals surface area contributed by atoms with Crippen molar-refractivity contribution in [2.45, 2.75) is 29.5 Å². The molecule has 2 unspecified atom stereocenters. The molecule has 3 rings (SSSR count). The van der Waals surface area contributed by atoms with Gasteiger partial charge >= 0.3 is 0 Å². The summed E-state index contributed by atoms with van der Waals surface area (Å²) in [6, 6.07) is 15.1. The van der Waals surface area contributed by atoms with Crippen molar-refractivity contribution < 1.29 is 8.42 Å². The Kier molecular flexibility index (Phi) is 4.06. The van der Waals surface area contributed by atoms with Crippen LogP contribution in [-0.4, -0.2) is 13.2 Å². The van der Waals surface area contributed by atoms with Gasteiger partial charge in [0.2, 0.25) is 9.84 Å². The number of hydrogen-bond acceptors (Lipinski definition) is 4. The highest BCUT2D eigenvalue weighted by Crippen LogP contribution is 2.49. The molecule has 0 aliphatic carbocycles. The van der Waals surface area contributed by atoms with Crippen LogP contribution in [0.25, 0.3) is 0 Å². The summed E-state index contributed by atoms with van der Waals surface area (Å²) in [6.45, 7) is 3.53. The number of rotatable bonds is 2. The van der Waals surface area contributed by atoms with Crippen molar-refractivity contribution in [2.24, 2.45) is 5.92 Å². The predicted octanol–water partition coefficient (Wildman–Crippen LogP) is 4.20. The van der Waals surface area contributed by atoms with E-state index in [1.165, 1.54) is 0 Å². The molecule has 4 nitrogen and oxygen atoms in total. The van der Waals surface area contributed by atoms with Crippen LogP contribution in [0, 0.1) is 17.2 Å². The molecule has 2 aromatic carbocycles. The van der Waals surface area contributed by atoms with Gasteiger partial charge in [0.25, 0.3) is 0 Å². The monoisotopic (exact) mass is 360 g/mol. The van der Waals surface area contributed by atoms with Gasteiger partial charge in [0.05, 0.1) is 22.7 Å². The van der Waals surface area contributed by atoms with Crippen molar-refractivity contribution in [3.05, 3.63) is 59.1 Å². The molecule has 0 amide bonds. The van der Waals surface area contributed by atoms with Crippen LogP contribution in [0.4, 0.5) is 5.69 Å². The van der Waals surface area contributed by atoms with Crippen LogP contribution in [-0.2, 0) is 9.84 Å². The third-order valence-electron chi connectivity index (χ3n) is 4.59. The van der Waals surface area contributed by atoms with Crippen LogP contribution in [0.2, 0.25) is 5.02 Å². The number of sulfone groups is 1. The Bertz CT molecular complexity index is 917. The summed E-state index contributed by atoms with van der Waals surface area (Å²) in [5, 5.41) is 13.8. The van der Waals surface area contributed by atoms with Crippen LogP contribution in [0.5, 0.6) is 0 Å². The summed E-state index contributed by atoms with van der Waals surface area (Å²) in [4.78, 5) is 0.172. The highest BCUT2D eigenvalue weighted by Gasteiger charge is 2.57. The number of benzene rings is 2. The molecule has 1 aliphatic heterocycles. The lowest BCUT2D eigenvalue weighted by Crippen LogP contribution is -2.53. The van der Waals surface area contributed by atoms with E-state index in [0.717, 1.165) is 0 Å². The zero-order valence-corrected chi connectivity index (χ0v) is 14.9. The molecule has 1 aliphatic rings. The molecule has 0 saturated heterocycles. The predicted molar refractivity (Wildman–Crippen MR) is 94.6 cm³/mol. The Balaban J connectivity index is 2.32. The molecule has 1 heterocycles. The number of nitrogens with zero attached hydrogens (tertiary/aromatic N) is 1. The van der Waals surface area contributed by atoms with Gasteiger partial charge in [0.15, 0.2) is 4.75 Å². The van der Waals surface area contributed by atoms with Crippen molar-refractivity contribution in [1.29, 1.82) is 5.26 Å². The molecule has 1 N–H and O–H groups in total. The first-order valence-electron chi connectivity index (χ1n) is 7.61. The van der Waals surface area contributed by atoms with E-state index in [1.807, 2.05) is 0 Å². The number of halogens is 1. The van der Waals surface area contributed by atoms with Crippen LogP contribution in [0.15, 0.2) is 53.4 Å². The average Bonchev–Trinajstić information content (AvgIpc) is 2.55. The van der Waals surface area contributed by atoms with Crippen LogP contribution < -0.4 is 5.32 Å². The van der Waals surface area contributed by atoms with Crippen LogP contribution in [0.1, 0.15) is 25.5 Å². The summed E-state index contributed by atoms with van der Waals surface area (Å²) in [6.07, 6.45) is 0. The zero-order chi connectivity index (χ0) is 17.5. The standard InChI is InChI=1S/C18H17ClN2O2S/c1-12(2)18(11-20)17(13-7-9-14(19)10-8-13)21-15-5-3-4-6-16(15)24(18,22)23/h3-10,12,17,21H,1-2H3. The Hall–Kier alpha value is -2.03. The third-order valence-corrected chi connectivity index (χ3v) is 7.46. The van der Waals surface area contributed by atoms with E-state index in [1.54, 1.807) is 62.4 Å². The highest BCUT2D eigenvalue weighted by atomic mass is 35.5. The Morgan fingerprint density at radius 3 is 2.38 bits per heavy atom. The van der Waals surface area contributed by atoms with Gasteiger partial charge in [0, 0.05) is 5.02 Å².